The molecule has 4 aliphatic rings. The molecular weight excluding hydrogens is 749 g/mol. The zero-order chi connectivity index (χ0) is 41.6. The maximum absolute atomic E-state index is 2.59. The minimum absolute atomic E-state index is 0.111. The Morgan fingerprint density at radius 3 is 1.47 bits per heavy atom. The molecule has 0 heterocycles. The summed E-state index contributed by atoms with van der Waals surface area (Å²) < 4.78 is 0. The van der Waals surface area contributed by atoms with Gasteiger partial charge in [-0.25, -0.2) is 0 Å². The van der Waals surface area contributed by atoms with Crippen molar-refractivity contribution in [1.82, 2.24) is 0 Å². The summed E-state index contributed by atoms with van der Waals surface area (Å²) in [6.45, 7) is 6.84. The van der Waals surface area contributed by atoms with E-state index in [1.54, 1.807) is 11.1 Å². The Morgan fingerprint density at radius 2 is 0.887 bits per heavy atom. The quantitative estimate of drug-likeness (QED) is 0.158. The average molecular weight is 801 g/mol. The lowest BCUT2D eigenvalue weighted by molar-refractivity contribution is 0.350. The lowest BCUT2D eigenvalue weighted by Crippen LogP contribution is -2.34. The Labute approximate surface area is 367 Å². The molecule has 0 N–H and O–H groups in total. The van der Waals surface area contributed by atoms with Crippen molar-refractivity contribution in [3.8, 4) is 22.3 Å². The highest BCUT2D eigenvalue weighted by Gasteiger charge is 2.62. The average Bonchev–Trinajstić information content (AvgIpc) is 4.04. The molecule has 0 bridgehead atoms. The van der Waals surface area contributed by atoms with Crippen LogP contribution in [0, 0.1) is 11.8 Å². The van der Waals surface area contributed by atoms with Crippen LogP contribution in [0.5, 0.6) is 0 Å². The summed E-state index contributed by atoms with van der Waals surface area (Å²) in [6.07, 6.45) is 5.71. The van der Waals surface area contributed by atoms with Crippen LogP contribution >= 0.6 is 0 Å². The molecule has 2 heteroatoms. The van der Waals surface area contributed by atoms with Crippen molar-refractivity contribution in [2.75, 3.05) is 9.80 Å². The van der Waals surface area contributed by atoms with Crippen LogP contribution in [0.3, 0.4) is 0 Å². The van der Waals surface area contributed by atoms with Crippen molar-refractivity contribution < 1.29 is 0 Å². The van der Waals surface area contributed by atoms with Crippen LogP contribution in [0.1, 0.15) is 72.6 Å². The van der Waals surface area contributed by atoms with Gasteiger partial charge in [-0.3, -0.25) is 0 Å². The second-order valence-corrected chi connectivity index (χ2v) is 19.3. The largest absolute Gasteiger partial charge is 0.310 e. The molecule has 1 fully saturated rings. The van der Waals surface area contributed by atoms with Gasteiger partial charge in [0, 0.05) is 28.2 Å². The molecule has 302 valence electrons. The predicted octanol–water partition coefficient (Wildman–Crippen LogP) is 15.6. The fourth-order valence-electron chi connectivity index (χ4n) is 12.3. The van der Waals surface area contributed by atoms with E-state index in [4.69, 9.17) is 0 Å². The second kappa shape index (κ2) is 14.2. The van der Waals surface area contributed by atoms with Crippen molar-refractivity contribution in [1.29, 1.82) is 0 Å². The third-order valence-electron chi connectivity index (χ3n) is 14.9. The SMILES string of the molecule is CC(C)(C)c1ccc(-c2ccc(N(c3ccccc3)c3cccc4c3C35c6c(cccc6N(c6ccccc6)c6ccc7c(c6)Cc6ccccc6-7)CC3CCC5C4)cc2)cc1. The predicted molar refractivity (Wildman–Crippen MR) is 259 cm³/mol. The molecule has 8 aromatic rings. The van der Waals surface area contributed by atoms with E-state index in [9.17, 15) is 0 Å². The fourth-order valence-corrected chi connectivity index (χ4v) is 12.3. The normalized spacial score (nSPS) is 19.0. The maximum Gasteiger partial charge on any atom is 0.0505 e. The highest BCUT2D eigenvalue weighted by molar-refractivity contribution is 5.88. The first-order valence-electron chi connectivity index (χ1n) is 22.7. The zero-order valence-electron chi connectivity index (χ0n) is 36.0. The number of anilines is 6. The van der Waals surface area contributed by atoms with E-state index in [1.807, 2.05) is 0 Å². The molecule has 0 radical (unpaired) electrons. The molecule has 0 aromatic heterocycles. The molecule has 1 spiro atoms. The molecule has 8 aromatic carbocycles. The smallest absolute Gasteiger partial charge is 0.0505 e. The number of rotatable bonds is 7. The number of fused-ring (bicyclic) bond motifs is 5. The minimum atomic E-state index is -0.111. The summed E-state index contributed by atoms with van der Waals surface area (Å²) in [4.78, 5) is 5.16. The van der Waals surface area contributed by atoms with Gasteiger partial charge in [0.05, 0.1) is 11.4 Å². The van der Waals surface area contributed by atoms with Crippen molar-refractivity contribution in [3.05, 3.63) is 227 Å². The Morgan fingerprint density at radius 1 is 0.419 bits per heavy atom. The van der Waals surface area contributed by atoms with E-state index < -0.39 is 0 Å². The van der Waals surface area contributed by atoms with Gasteiger partial charge in [-0.1, -0.05) is 148 Å². The minimum Gasteiger partial charge on any atom is -0.310 e. The van der Waals surface area contributed by atoms with Gasteiger partial charge >= 0.3 is 0 Å². The summed E-state index contributed by atoms with van der Waals surface area (Å²) in [5.74, 6) is 1.07. The summed E-state index contributed by atoms with van der Waals surface area (Å²) in [7, 11) is 0. The third kappa shape index (κ3) is 5.69. The number of benzene rings is 8. The van der Waals surface area contributed by atoms with Gasteiger partial charge < -0.3 is 9.80 Å². The van der Waals surface area contributed by atoms with Crippen LogP contribution in [0.4, 0.5) is 34.1 Å². The first-order chi connectivity index (χ1) is 30.4. The molecule has 4 aliphatic carbocycles. The lowest BCUT2D eigenvalue weighted by atomic mass is 9.68. The molecule has 12 rings (SSSR count). The van der Waals surface area contributed by atoms with Gasteiger partial charge in [0.2, 0.25) is 0 Å². The van der Waals surface area contributed by atoms with E-state index in [0.29, 0.717) is 11.8 Å². The standard InChI is InChI=1S/C60H52N2/c1-59(2,3)46-28-24-40(25-29-46)41-26-32-51(33-27-41)61(49-17-6-4-7-18-49)55-22-12-15-43-37-47-30-31-48-38-44-16-13-23-56(58(44)60(47,48)57(43)55)62(50-19-8-5-9-20-50)52-34-35-54-45(39-52)36-42-14-10-11-21-53(42)54/h4-29,32-35,39,47-48H,30-31,36-38H2,1-3H3. The zero-order valence-corrected chi connectivity index (χ0v) is 36.0. The molecular formula is C60H52N2. The van der Waals surface area contributed by atoms with Gasteiger partial charge in [0.1, 0.15) is 0 Å². The number of nitrogens with zero attached hydrogens (tertiary/aromatic N) is 2. The van der Waals surface area contributed by atoms with Crippen molar-refractivity contribution >= 4 is 34.1 Å². The van der Waals surface area contributed by atoms with Gasteiger partial charge in [-0.15, -0.1) is 0 Å². The van der Waals surface area contributed by atoms with Gasteiger partial charge in [-0.05, 0) is 171 Å². The van der Waals surface area contributed by atoms with E-state index in [0.717, 1.165) is 19.3 Å². The molecule has 0 amide bonds. The van der Waals surface area contributed by atoms with Gasteiger partial charge in [0.15, 0.2) is 0 Å². The Hall–Kier alpha value is -6.64. The summed E-state index contributed by atoms with van der Waals surface area (Å²) in [5.41, 5.74) is 23.0. The van der Waals surface area contributed by atoms with E-state index in [1.165, 1.54) is 97.0 Å². The van der Waals surface area contributed by atoms with Crippen LogP contribution < -0.4 is 9.80 Å². The fraction of sp³-hybridized carbons (Fsp3) is 0.200. The Bertz CT molecular complexity index is 2970. The highest BCUT2D eigenvalue weighted by atomic mass is 15.2. The topological polar surface area (TPSA) is 6.48 Å². The number of para-hydroxylation sites is 2. The summed E-state index contributed by atoms with van der Waals surface area (Å²) in [6, 6.07) is 71.2. The molecule has 62 heavy (non-hydrogen) atoms. The molecule has 1 saturated carbocycles. The van der Waals surface area contributed by atoms with E-state index in [2.05, 4.69) is 219 Å². The summed E-state index contributed by atoms with van der Waals surface area (Å²) >= 11 is 0. The van der Waals surface area contributed by atoms with Crippen LogP contribution in [-0.4, -0.2) is 0 Å². The molecule has 3 atom stereocenters. The third-order valence-corrected chi connectivity index (χ3v) is 14.9. The molecule has 3 unspecified atom stereocenters. The second-order valence-electron chi connectivity index (χ2n) is 19.3. The first kappa shape index (κ1) is 37.1. The highest BCUT2D eigenvalue weighted by Crippen LogP contribution is 2.69. The Kier molecular flexibility index (Phi) is 8.52. The van der Waals surface area contributed by atoms with Crippen LogP contribution in [0.25, 0.3) is 22.3 Å². The molecule has 2 nitrogen and oxygen atoms in total. The Balaban J connectivity index is 1.03. The molecule has 0 saturated heterocycles. The van der Waals surface area contributed by atoms with Crippen molar-refractivity contribution in [2.24, 2.45) is 11.8 Å². The summed E-state index contributed by atoms with van der Waals surface area (Å²) in [5, 5.41) is 0. The van der Waals surface area contributed by atoms with Crippen molar-refractivity contribution in [2.45, 2.75) is 63.7 Å². The maximum atomic E-state index is 2.59. The van der Waals surface area contributed by atoms with E-state index >= 15 is 0 Å². The van der Waals surface area contributed by atoms with Gasteiger partial charge in [-0.2, -0.15) is 0 Å². The lowest BCUT2D eigenvalue weighted by Gasteiger charge is -2.40. The number of hydrogen-bond acceptors (Lipinski definition) is 2. The van der Waals surface area contributed by atoms with Crippen LogP contribution in [0.15, 0.2) is 188 Å². The molecule has 0 aliphatic heterocycles. The van der Waals surface area contributed by atoms with Crippen LogP contribution in [0.2, 0.25) is 0 Å². The van der Waals surface area contributed by atoms with E-state index in [-0.39, 0.29) is 10.8 Å². The van der Waals surface area contributed by atoms with Crippen LogP contribution in [-0.2, 0) is 30.1 Å². The van der Waals surface area contributed by atoms with Gasteiger partial charge in [0.25, 0.3) is 0 Å². The number of hydrogen-bond donors (Lipinski definition) is 0. The monoisotopic (exact) mass is 800 g/mol. The first-order valence-corrected chi connectivity index (χ1v) is 22.7. The van der Waals surface area contributed by atoms with Crippen molar-refractivity contribution in [3.63, 3.8) is 0 Å².